The van der Waals surface area contributed by atoms with Crippen LogP contribution in [0.15, 0.2) is 53.6 Å². The number of halogens is 1. The van der Waals surface area contributed by atoms with E-state index in [9.17, 15) is 9.59 Å². The first-order valence-corrected chi connectivity index (χ1v) is 11.5. The number of anilines is 2. The van der Waals surface area contributed by atoms with Gasteiger partial charge in [0.05, 0.1) is 10.7 Å². The third-order valence-corrected chi connectivity index (χ3v) is 6.20. The second-order valence-electron chi connectivity index (χ2n) is 8.14. The molecule has 2 aromatic carbocycles. The number of carbonyl (C=O) groups is 2. The maximum atomic E-state index is 13.0. The number of aromatic nitrogens is 3. The van der Waals surface area contributed by atoms with Crippen LogP contribution in [0.1, 0.15) is 37.9 Å². The van der Waals surface area contributed by atoms with Crippen LogP contribution in [0.25, 0.3) is 11.4 Å². The summed E-state index contributed by atoms with van der Waals surface area (Å²) in [6, 6.07) is 14.4. The molecule has 2 aliphatic heterocycles. The Morgan fingerprint density at radius 3 is 2.67 bits per heavy atom. The fourth-order valence-electron chi connectivity index (χ4n) is 4.15. The third kappa shape index (κ3) is 4.39. The average Bonchev–Trinajstić information content (AvgIpc) is 3.08. The van der Waals surface area contributed by atoms with Gasteiger partial charge in [-0.05, 0) is 43.2 Å². The van der Waals surface area contributed by atoms with Gasteiger partial charge >= 0.3 is 0 Å². The van der Waals surface area contributed by atoms with Crippen molar-refractivity contribution in [2.45, 2.75) is 45.1 Å². The van der Waals surface area contributed by atoms with Gasteiger partial charge in [0.15, 0.2) is 5.82 Å². The number of aryl methyl sites for hydroxylation is 1. The van der Waals surface area contributed by atoms with E-state index in [2.05, 4.69) is 25.2 Å². The molecular formula is C24H23ClN6O2. The highest BCUT2D eigenvalue weighted by Crippen LogP contribution is 2.31. The molecule has 3 aromatic rings. The number of rotatable bonds is 4. The summed E-state index contributed by atoms with van der Waals surface area (Å²) >= 11 is 6.50. The molecule has 2 amide bonds. The van der Waals surface area contributed by atoms with E-state index < -0.39 is 0 Å². The van der Waals surface area contributed by atoms with Gasteiger partial charge in [-0.3, -0.25) is 9.59 Å². The van der Waals surface area contributed by atoms with Crippen molar-refractivity contribution in [1.29, 1.82) is 0 Å². The highest BCUT2D eigenvalue weighted by molar-refractivity contribution is 6.44. The monoisotopic (exact) mass is 462 g/mol. The largest absolute Gasteiger partial charge is 0.321 e. The highest BCUT2D eigenvalue weighted by Gasteiger charge is 2.26. The number of hydrazone groups is 1. The van der Waals surface area contributed by atoms with Gasteiger partial charge in [0.1, 0.15) is 11.5 Å². The van der Waals surface area contributed by atoms with Crippen LogP contribution in [0.2, 0.25) is 5.02 Å². The van der Waals surface area contributed by atoms with Crippen molar-refractivity contribution in [3.05, 3.63) is 59.4 Å². The predicted octanol–water partition coefficient (Wildman–Crippen LogP) is 4.45. The molecule has 0 atom stereocenters. The van der Waals surface area contributed by atoms with Crippen molar-refractivity contribution in [1.82, 2.24) is 14.8 Å². The molecule has 168 valence electrons. The lowest BCUT2D eigenvalue weighted by Crippen LogP contribution is -2.36. The quantitative estimate of drug-likeness (QED) is 0.620. The van der Waals surface area contributed by atoms with E-state index >= 15 is 0 Å². The Labute approximate surface area is 196 Å². The molecule has 0 saturated heterocycles. The number of carbonyl (C=O) groups excluding carboxylic acids is 2. The second kappa shape index (κ2) is 9.15. The topological polar surface area (TPSA) is 92.5 Å². The molecule has 9 heteroatoms. The van der Waals surface area contributed by atoms with Crippen molar-refractivity contribution >= 4 is 40.5 Å². The molecule has 0 aliphatic carbocycles. The van der Waals surface area contributed by atoms with Gasteiger partial charge in [-0.25, -0.2) is 5.01 Å². The summed E-state index contributed by atoms with van der Waals surface area (Å²) in [6.07, 6.45) is 4.74. The number of nitrogens with one attached hydrogen (secondary N) is 1. The van der Waals surface area contributed by atoms with Crippen LogP contribution in [0.3, 0.4) is 0 Å². The molecule has 0 saturated carbocycles. The lowest BCUT2D eigenvalue weighted by atomic mass is 10.1. The first-order chi connectivity index (χ1) is 16.1. The van der Waals surface area contributed by atoms with Crippen LogP contribution in [0, 0.1) is 0 Å². The minimum Gasteiger partial charge on any atom is -0.321 e. The number of amides is 2. The van der Waals surface area contributed by atoms with Crippen molar-refractivity contribution in [2.75, 3.05) is 10.3 Å². The molecule has 8 nitrogen and oxygen atoms in total. The maximum absolute atomic E-state index is 13.0. The molecule has 0 unspecified atom stereocenters. The van der Waals surface area contributed by atoms with Crippen LogP contribution < -0.4 is 10.3 Å². The Morgan fingerprint density at radius 2 is 1.82 bits per heavy atom. The van der Waals surface area contributed by atoms with Crippen molar-refractivity contribution in [3.63, 3.8) is 0 Å². The SMILES string of the molecule is O=C(Nc1ccc(Cl)c(-c2nnc3n2CCCCC3)c1)C1=NN(c2ccccc2)C(=O)CC1. The number of para-hydroxylation sites is 1. The molecule has 3 heterocycles. The molecule has 0 spiro atoms. The van der Waals surface area contributed by atoms with Crippen molar-refractivity contribution < 1.29 is 9.59 Å². The predicted molar refractivity (Wildman–Crippen MR) is 127 cm³/mol. The summed E-state index contributed by atoms with van der Waals surface area (Å²) in [4.78, 5) is 25.3. The fraction of sp³-hybridized carbons (Fsp3) is 0.292. The van der Waals surface area contributed by atoms with Gasteiger partial charge in [0.2, 0.25) is 5.91 Å². The zero-order valence-corrected chi connectivity index (χ0v) is 18.8. The molecule has 1 aromatic heterocycles. The number of nitrogens with zero attached hydrogens (tertiary/aromatic N) is 5. The first kappa shape index (κ1) is 21.3. The van der Waals surface area contributed by atoms with Crippen LogP contribution >= 0.6 is 11.6 Å². The Bertz CT molecular complexity index is 1240. The van der Waals surface area contributed by atoms with Crippen LogP contribution in [-0.2, 0) is 22.6 Å². The lowest BCUT2D eigenvalue weighted by Gasteiger charge is -2.23. The minimum absolute atomic E-state index is 0.140. The van der Waals surface area contributed by atoms with E-state index in [-0.39, 0.29) is 24.7 Å². The van der Waals surface area contributed by atoms with E-state index in [1.807, 2.05) is 24.3 Å². The number of hydrogen-bond donors (Lipinski definition) is 1. The summed E-state index contributed by atoms with van der Waals surface area (Å²) in [5.74, 6) is 1.19. The standard InChI is InChI=1S/C24H23ClN6O2/c25-19-11-10-16(15-18(19)23-28-27-21-9-5-2-6-14-30(21)23)26-24(33)20-12-13-22(32)31(29-20)17-7-3-1-4-8-17/h1,3-4,7-8,10-11,15H,2,5-6,9,12-14H2,(H,26,33). The van der Waals surface area contributed by atoms with Gasteiger partial charge in [0, 0.05) is 37.1 Å². The van der Waals surface area contributed by atoms with E-state index in [4.69, 9.17) is 11.6 Å². The minimum atomic E-state index is -0.350. The zero-order valence-electron chi connectivity index (χ0n) is 18.0. The Balaban J connectivity index is 1.40. The lowest BCUT2D eigenvalue weighted by molar-refractivity contribution is -0.118. The van der Waals surface area contributed by atoms with Crippen LogP contribution in [0.5, 0.6) is 0 Å². The van der Waals surface area contributed by atoms with E-state index in [0.29, 0.717) is 27.9 Å². The summed E-state index contributed by atoms with van der Waals surface area (Å²) in [5, 5.41) is 17.8. The number of hydrogen-bond acceptors (Lipinski definition) is 5. The molecule has 0 bridgehead atoms. The number of fused-ring (bicyclic) bond motifs is 1. The van der Waals surface area contributed by atoms with Gasteiger partial charge in [-0.1, -0.05) is 36.2 Å². The Kier molecular flexibility index (Phi) is 5.92. The number of benzene rings is 2. The van der Waals surface area contributed by atoms with E-state index in [1.165, 1.54) is 5.01 Å². The maximum Gasteiger partial charge on any atom is 0.271 e. The molecule has 2 aliphatic rings. The van der Waals surface area contributed by atoms with Crippen LogP contribution in [-0.4, -0.2) is 32.3 Å². The molecule has 0 fully saturated rings. The summed E-state index contributed by atoms with van der Waals surface area (Å²) in [5.41, 5.74) is 2.23. The van der Waals surface area contributed by atoms with Crippen LogP contribution in [0.4, 0.5) is 11.4 Å². The molecular weight excluding hydrogens is 440 g/mol. The fourth-order valence-corrected chi connectivity index (χ4v) is 4.35. The third-order valence-electron chi connectivity index (χ3n) is 5.87. The van der Waals surface area contributed by atoms with Gasteiger partial charge in [-0.2, -0.15) is 5.10 Å². The molecule has 1 N–H and O–H groups in total. The van der Waals surface area contributed by atoms with E-state index in [0.717, 1.165) is 43.6 Å². The molecule has 33 heavy (non-hydrogen) atoms. The first-order valence-electron chi connectivity index (χ1n) is 11.1. The van der Waals surface area contributed by atoms with Gasteiger partial charge < -0.3 is 9.88 Å². The summed E-state index contributed by atoms with van der Waals surface area (Å²) in [6.45, 7) is 0.852. The Morgan fingerprint density at radius 1 is 0.970 bits per heavy atom. The zero-order chi connectivity index (χ0) is 22.8. The Hall–Kier alpha value is -3.52. The van der Waals surface area contributed by atoms with E-state index in [1.54, 1.807) is 24.3 Å². The van der Waals surface area contributed by atoms with Crippen molar-refractivity contribution in [3.8, 4) is 11.4 Å². The molecule has 0 radical (unpaired) electrons. The average molecular weight is 463 g/mol. The highest BCUT2D eigenvalue weighted by atomic mass is 35.5. The summed E-state index contributed by atoms with van der Waals surface area (Å²) in [7, 11) is 0. The van der Waals surface area contributed by atoms with Gasteiger partial charge in [0.25, 0.3) is 5.91 Å². The smallest absolute Gasteiger partial charge is 0.271 e. The second-order valence-corrected chi connectivity index (χ2v) is 8.55. The molecule has 5 rings (SSSR count). The van der Waals surface area contributed by atoms with Crippen molar-refractivity contribution in [2.24, 2.45) is 5.10 Å². The van der Waals surface area contributed by atoms with Gasteiger partial charge in [-0.15, -0.1) is 10.2 Å². The normalized spacial score (nSPS) is 16.1. The summed E-state index contributed by atoms with van der Waals surface area (Å²) < 4.78 is 2.12.